The number of nitrogens with zero attached hydrogens (tertiary/aromatic N) is 3. The van der Waals surface area contributed by atoms with Gasteiger partial charge in [0.15, 0.2) is 6.10 Å². The van der Waals surface area contributed by atoms with Crippen LogP contribution in [0.5, 0.6) is 0 Å². The maximum atomic E-state index is 12.2. The molecule has 9 heteroatoms. The predicted molar refractivity (Wildman–Crippen MR) is 151 cm³/mol. The Bertz CT molecular complexity index is 989. The standard InChI is InChI=1S/C13H17N3O2.C12H15NO3.2C2H6/c1-11-4-2-3-5-12(11)16-9-8-15(13(16)18)7-6-14-10-17;1-8(14)11(15)12(16)13-6-9-4-2-3-5-10(9)7-13;2*1-2/h2-5,10H,6-9H2,1H3,(H,14,17);2-5,8,11,14-15H,6-7H2,1H3;2*1-2H3. The maximum absolute atomic E-state index is 12.2. The predicted octanol–water partition coefficient (Wildman–Crippen LogP) is 3.31. The molecule has 1 saturated heterocycles. The monoisotopic (exact) mass is 528 g/mol. The molecular formula is C29H44N4O5. The Kier molecular flexibility index (Phi) is 14.7. The second kappa shape index (κ2) is 17.1. The van der Waals surface area contributed by atoms with Crippen LogP contribution in [0.4, 0.5) is 10.5 Å². The third-order valence-electron chi connectivity index (χ3n) is 5.97. The van der Waals surface area contributed by atoms with Crippen molar-refractivity contribution in [3.63, 3.8) is 0 Å². The zero-order chi connectivity index (χ0) is 28.7. The summed E-state index contributed by atoms with van der Waals surface area (Å²) in [5, 5.41) is 21.2. The first-order valence-corrected chi connectivity index (χ1v) is 13.3. The number of anilines is 1. The molecule has 1 fully saturated rings. The summed E-state index contributed by atoms with van der Waals surface area (Å²) in [5.41, 5.74) is 4.27. The van der Waals surface area contributed by atoms with Gasteiger partial charge in [0.25, 0.3) is 5.91 Å². The highest BCUT2D eigenvalue weighted by Crippen LogP contribution is 2.24. The number of aliphatic hydroxyl groups is 2. The summed E-state index contributed by atoms with van der Waals surface area (Å²) in [6.07, 6.45) is -1.70. The first kappa shape index (κ1) is 32.6. The molecule has 2 heterocycles. The number of para-hydroxylation sites is 1. The van der Waals surface area contributed by atoms with E-state index in [0.717, 1.165) is 22.4 Å². The molecule has 0 spiro atoms. The Morgan fingerprint density at radius 3 is 2.05 bits per heavy atom. The fraction of sp³-hybridized carbons (Fsp3) is 0.483. The number of carbonyl (C=O) groups excluding carboxylic acids is 3. The van der Waals surface area contributed by atoms with Crippen molar-refractivity contribution in [2.24, 2.45) is 0 Å². The lowest BCUT2D eigenvalue weighted by molar-refractivity contribution is -0.146. The highest BCUT2D eigenvalue weighted by molar-refractivity contribution is 5.94. The van der Waals surface area contributed by atoms with Crippen molar-refractivity contribution < 1.29 is 24.6 Å². The number of hydrogen-bond acceptors (Lipinski definition) is 5. The number of nitrogens with one attached hydrogen (secondary N) is 1. The molecule has 2 aliphatic heterocycles. The van der Waals surface area contributed by atoms with Crippen molar-refractivity contribution in [1.82, 2.24) is 15.1 Å². The lowest BCUT2D eigenvalue weighted by Gasteiger charge is -2.21. The van der Waals surface area contributed by atoms with Crippen LogP contribution < -0.4 is 10.2 Å². The van der Waals surface area contributed by atoms with Crippen molar-refractivity contribution in [2.75, 3.05) is 31.1 Å². The van der Waals surface area contributed by atoms with E-state index in [9.17, 15) is 24.6 Å². The van der Waals surface area contributed by atoms with Crippen molar-refractivity contribution >= 4 is 24.0 Å². The second-order valence-corrected chi connectivity index (χ2v) is 8.43. The molecule has 3 N–H and O–H groups in total. The minimum absolute atomic E-state index is 0.0111. The lowest BCUT2D eigenvalue weighted by atomic mass is 10.1. The number of aliphatic hydroxyl groups excluding tert-OH is 2. The fourth-order valence-electron chi connectivity index (χ4n) is 4.02. The van der Waals surface area contributed by atoms with E-state index in [2.05, 4.69) is 5.32 Å². The lowest BCUT2D eigenvalue weighted by Crippen LogP contribution is -2.41. The van der Waals surface area contributed by atoms with Gasteiger partial charge in [-0.15, -0.1) is 0 Å². The van der Waals surface area contributed by atoms with Gasteiger partial charge in [-0.2, -0.15) is 0 Å². The van der Waals surface area contributed by atoms with Crippen molar-refractivity contribution in [1.29, 1.82) is 0 Å². The number of hydrogen-bond donors (Lipinski definition) is 3. The second-order valence-electron chi connectivity index (χ2n) is 8.43. The van der Waals surface area contributed by atoms with Gasteiger partial charge in [-0.25, -0.2) is 4.79 Å². The molecule has 2 aliphatic rings. The third kappa shape index (κ3) is 8.85. The van der Waals surface area contributed by atoms with Gasteiger partial charge in [0.1, 0.15) is 0 Å². The zero-order valence-electron chi connectivity index (χ0n) is 23.6. The molecular weight excluding hydrogens is 484 g/mol. The van der Waals surface area contributed by atoms with Crippen LogP contribution in [-0.4, -0.2) is 76.7 Å². The van der Waals surface area contributed by atoms with Gasteiger partial charge in [-0.3, -0.25) is 14.5 Å². The van der Waals surface area contributed by atoms with Crippen LogP contribution in [0.3, 0.4) is 0 Å². The SMILES string of the molecule is CC.CC.CC(O)C(O)C(=O)N1Cc2ccccc2C1.Cc1ccccc1N1CCN(CCNC=O)C1=O. The van der Waals surface area contributed by atoms with Crippen molar-refractivity contribution in [3.8, 4) is 0 Å². The van der Waals surface area contributed by atoms with E-state index in [0.29, 0.717) is 45.7 Å². The van der Waals surface area contributed by atoms with Crippen molar-refractivity contribution in [2.45, 2.75) is 66.8 Å². The van der Waals surface area contributed by atoms with Gasteiger partial charge >= 0.3 is 6.03 Å². The summed E-state index contributed by atoms with van der Waals surface area (Å²) in [7, 11) is 0. The Labute approximate surface area is 227 Å². The first-order chi connectivity index (χ1) is 18.3. The van der Waals surface area contributed by atoms with Crippen LogP contribution in [0.1, 0.15) is 51.3 Å². The van der Waals surface area contributed by atoms with Gasteiger partial charge < -0.3 is 25.3 Å². The summed E-state index contributed by atoms with van der Waals surface area (Å²) in [4.78, 5) is 39.2. The molecule has 0 radical (unpaired) electrons. The largest absolute Gasteiger partial charge is 0.390 e. The molecule has 2 aromatic carbocycles. The Morgan fingerprint density at radius 2 is 1.53 bits per heavy atom. The van der Waals surface area contributed by atoms with E-state index in [-0.39, 0.29) is 6.03 Å². The summed E-state index contributed by atoms with van der Waals surface area (Å²) < 4.78 is 0. The highest BCUT2D eigenvalue weighted by Gasteiger charge is 2.30. The molecule has 4 rings (SSSR count). The topological polar surface area (TPSA) is 113 Å². The number of amides is 4. The Balaban J connectivity index is 0.000000338. The average Bonchev–Trinajstić information content (AvgIpc) is 3.54. The highest BCUT2D eigenvalue weighted by atomic mass is 16.3. The summed E-state index contributed by atoms with van der Waals surface area (Å²) in [5.74, 6) is -0.411. The van der Waals surface area contributed by atoms with E-state index in [1.54, 1.807) is 14.7 Å². The number of carbonyl (C=O) groups is 3. The minimum atomic E-state index is -1.32. The van der Waals surface area contributed by atoms with Crippen LogP contribution >= 0.6 is 0 Å². The van der Waals surface area contributed by atoms with Crippen LogP contribution in [0.2, 0.25) is 0 Å². The normalized spacial score (nSPS) is 15.1. The molecule has 9 nitrogen and oxygen atoms in total. The van der Waals surface area contributed by atoms with Crippen molar-refractivity contribution in [3.05, 3.63) is 65.2 Å². The van der Waals surface area contributed by atoms with E-state index in [1.807, 2.05) is 83.1 Å². The van der Waals surface area contributed by atoms with Gasteiger partial charge in [0.05, 0.1) is 6.10 Å². The number of urea groups is 1. The fourth-order valence-corrected chi connectivity index (χ4v) is 4.02. The smallest absolute Gasteiger partial charge is 0.324 e. The summed E-state index contributed by atoms with van der Waals surface area (Å²) in [6.45, 7) is 14.9. The quantitative estimate of drug-likeness (QED) is 0.377. The van der Waals surface area contributed by atoms with E-state index < -0.39 is 18.1 Å². The van der Waals surface area contributed by atoms with E-state index in [4.69, 9.17) is 0 Å². The van der Waals surface area contributed by atoms with Crippen LogP contribution in [0.15, 0.2) is 48.5 Å². The van der Waals surface area contributed by atoms with E-state index >= 15 is 0 Å². The van der Waals surface area contributed by atoms with Crippen LogP contribution in [0.25, 0.3) is 0 Å². The maximum Gasteiger partial charge on any atom is 0.324 e. The van der Waals surface area contributed by atoms with Gasteiger partial charge in [0, 0.05) is 45.0 Å². The summed E-state index contributed by atoms with van der Waals surface area (Å²) >= 11 is 0. The Morgan fingerprint density at radius 1 is 0.974 bits per heavy atom. The summed E-state index contributed by atoms with van der Waals surface area (Å²) in [6, 6.07) is 15.7. The van der Waals surface area contributed by atoms with Gasteiger partial charge in [0.2, 0.25) is 6.41 Å². The number of benzene rings is 2. The molecule has 2 unspecified atom stereocenters. The van der Waals surface area contributed by atoms with Crippen LogP contribution in [-0.2, 0) is 22.7 Å². The van der Waals surface area contributed by atoms with Crippen LogP contribution in [0, 0.1) is 6.92 Å². The molecule has 4 amide bonds. The number of rotatable bonds is 7. The van der Waals surface area contributed by atoms with Gasteiger partial charge in [-0.05, 0) is 36.6 Å². The Hall–Kier alpha value is -3.43. The number of aryl methyl sites for hydroxylation is 1. The molecule has 0 aliphatic carbocycles. The molecule has 2 atom stereocenters. The average molecular weight is 529 g/mol. The van der Waals surface area contributed by atoms with E-state index in [1.165, 1.54) is 6.92 Å². The molecule has 0 aromatic heterocycles. The molecule has 0 saturated carbocycles. The molecule has 2 aromatic rings. The number of fused-ring (bicyclic) bond motifs is 1. The molecule has 38 heavy (non-hydrogen) atoms. The molecule has 0 bridgehead atoms. The molecule has 210 valence electrons. The zero-order valence-corrected chi connectivity index (χ0v) is 23.6. The third-order valence-corrected chi connectivity index (χ3v) is 5.97. The minimum Gasteiger partial charge on any atom is -0.390 e. The first-order valence-electron chi connectivity index (χ1n) is 13.3. The van der Waals surface area contributed by atoms with Gasteiger partial charge in [-0.1, -0.05) is 70.2 Å².